The van der Waals surface area contributed by atoms with Gasteiger partial charge >= 0.3 is 0 Å². The molecule has 0 aromatic carbocycles. The van der Waals surface area contributed by atoms with Crippen LogP contribution in [-0.2, 0) is 9.47 Å². The predicted octanol–water partition coefficient (Wildman–Crippen LogP) is 2.95. The van der Waals surface area contributed by atoms with Crippen molar-refractivity contribution in [1.29, 1.82) is 0 Å². The summed E-state index contributed by atoms with van der Waals surface area (Å²) in [5.41, 5.74) is 1.31. The van der Waals surface area contributed by atoms with Crippen molar-refractivity contribution in [3.63, 3.8) is 0 Å². The first-order valence-electron chi connectivity index (χ1n) is 5.12. The van der Waals surface area contributed by atoms with E-state index in [1.807, 2.05) is 0 Å². The van der Waals surface area contributed by atoms with Gasteiger partial charge in [0.2, 0.25) is 0 Å². The van der Waals surface area contributed by atoms with Crippen molar-refractivity contribution < 1.29 is 9.47 Å². The highest BCUT2D eigenvalue weighted by Gasteiger charge is 2.19. The molecule has 0 saturated carbocycles. The summed E-state index contributed by atoms with van der Waals surface area (Å²) in [6.07, 6.45) is 1.01. The minimum atomic E-state index is 0.507. The molecule has 0 unspecified atom stereocenters. The molecule has 1 fully saturated rings. The second kappa shape index (κ2) is 4.54. The minimum absolute atomic E-state index is 0.507. The SMILES string of the molecule is CC(C)C(=C1OCCCO1)C(C)C. The van der Waals surface area contributed by atoms with E-state index in [2.05, 4.69) is 27.7 Å². The Bertz CT molecular complexity index is 174. The fraction of sp³-hybridized carbons (Fsp3) is 0.818. The van der Waals surface area contributed by atoms with Crippen LogP contribution in [0.25, 0.3) is 0 Å². The maximum Gasteiger partial charge on any atom is 0.278 e. The fourth-order valence-electron chi connectivity index (χ4n) is 1.74. The zero-order chi connectivity index (χ0) is 9.84. The Morgan fingerprint density at radius 2 is 1.46 bits per heavy atom. The van der Waals surface area contributed by atoms with Crippen LogP contribution >= 0.6 is 0 Å². The normalized spacial score (nSPS) is 17.2. The molecule has 1 rings (SSSR count). The van der Waals surface area contributed by atoms with Gasteiger partial charge < -0.3 is 9.47 Å². The van der Waals surface area contributed by atoms with Crippen LogP contribution in [0.2, 0.25) is 0 Å². The van der Waals surface area contributed by atoms with E-state index >= 15 is 0 Å². The number of rotatable bonds is 2. The van der Waals surface area contributed by atoms with Crippen LogP contribution in [0.5, 0.6) is 0 Å². The topological polar surface area (TPSA) is 18.5 Å². The van der Waals surface area contributed by atoms with Gasteiger partial charge in [-0.15, -0.1) is 0 Å². The first-order chi connectivity index (χ1) is 6.13. The lowest BCUT2D eigenvalue weighted by molar-refractivity contribution is -0.0207. The van der Waals surface area contributed by atoms with Gasteiger partial charge in [-0.25, -0.2) is 0 Å². The monoisotopic (exact) mass is 184 g/mol. The molecule has 0 aromatic heterocycles. The van der Waals surface area contributed by atoms with Crippen LogP contribution in [-0.4, -0.2) is 13.2 Å². The molecular formula is C11H20O2. The van der Waals surface area contributed by atoms with Gasteiger partial charge in [0.05, 0.1) is 13.2 Å². The van der Waals surface area contributed by atoms with Crippen molar-refractivity contribution in [2.45, 2.75) is 34.1 Å². The molecule has 2 heteroatoms. The number of hydrogen-bond donors (Lipinski definition) is 0. The van der Waals surface area contributed by atoms with Gasteiger partial charge in [-0.1, -0.05) is 27.7 Å². The zero-order valence-electron chi connectivity index (χ0n) is 9.09. The van der Waals surface area contributed by atoms with E-state index in [1.165, 1.54) is 5.57 Å². The smallest absolute Gasteiger partial charge is 0.278 e. The second-order valence-electron chi connectivity index (χ2n) is 4.10. The molecular weight excluding hydrogens is 164 g/mol. The largest absolute Gasteiger partial charge is 0.465 e. The number of ether oxygens (including phenoxy) is 2. The molecule has 0 amide bonds. The maximum atomic E-state index is 5.52. The van der Waals surface area contributed by atoms with Crippen LogP contribution in [0.4, 0.5) is 0 Å². The maximum absolute atomic E-state index is 5.52. The van der Waals surface area contributed by atoms with Gasteiger partial charge in [0, 0.05) is 12.0 Å². The Labute approximate surface area is 80.9 Å². The second-order valence-corrected chi connectivity index (χ2v) is 4.10. The minimum Gasteiger partial charge on any atom is -0.465 e. The van der Waals surface area contributed by atoms with E-state index in [0.717, 1.165) is 25.6 Å². The molecule has 0 spiro atoms. The van der Waals surface area contributed by atoms with Gasteiger partial charge in [-0.2, -0.15) is 0 Å². The highest BCUT2D eigenvalue weighted by Crippen LogP contribution is 2.26. The molecule has 0 bridgehead atoms. The van der Waals surface area contributed by atoms with Crippen molar-refractivity contribution in [3.8, 4) is 0 Å². The molecule has 1 heterocycles. The summed E-state index contributed by atoms with van der Waals surface area (Å²) < 4.78 is 11.0. The number of allylic oxidation sites excluding steroid dienone is 1. The molecule has 13 heavy (non-hydrogen) atoms. The summed E-state index contributed by atoms with van der Waals surface area (Å²) in [7, 11) is 0. The molecule has 1 saturated heterocycles. The lowest BCUT2D eigenvalue weighted by Gasteiger charge is -2.24. The van der Waals surface area contributed by atoms with E-state index in [9.17, 15) is 0 Å². The van der Waals surface area contributed by atoms with Gasteiger partial charge in [0.15, 0.2) is 0 Å². The van der Waals surface area contributed by atoms with Crippen molar-refractivity contribution in [1.82, 2.24) is 0 Å². The summed E-state index contributed by atoms with van der Waals surface area (Å²) in [5.74, 6) is 1.80. The first-order valence-corrected chi connectivity index (χ1v) is 5.12. The van der Waals surface area contributed by atoms with E-state index in [1.54, 1.807) is 0 Å². The van der Waals surface area contributed by atoms with Crippen LogP contribution < -0.4 is 0 Å². The van der Waals surface area contributed by atoms with Crippen LogP contribution in [0.15, 0.2) is 11.5 Å². The first kappa shape index (κ1) is 10.4. The Morgan fingerprint density at radius 1 is 1.00 bits per heavy atom. The standard InChI is InChI=1S/C11H20O2/c1-8(2)10(9(3)4)11-12-6-5-7-13-11/h8-9H,5-7H2,1-4H3. The molecule has 2 nitrogen and oxygen atoms in total. The van der Waals surface area contributed by atoms with Gasteiger partial charge in [0.25, 0.3) is 5.95 Å². The highest BCUT2D eigenvalue weighted by atomic mass is 16.7. The predicted molar refractivity (Wildman–Crippen MR) is 53.2 cm³/mol. The summed E-state index contributed by atoms with van der Waals surface area (Å²) in [5, 5.41) is 0. The Morgan fingerprint density at radius 3 is 1.85 bits per heavy atom. The van der Waals surface area contributed by atoms with E-state index < -0.39 is 0 Å². The molecule has 0 N–H and O–H groups in total. The fourth-order valence-corrected chi connectivity index (χ4v) is 1.74. The lowest BCUT2D eigenvalue weighted by atomic mass is 9.93. The average Bonchev–Trinajstić information content (AvgIpc) is 2.04. The molecule has 76 valence electrons. The third-order valence-corrected chi connectivity index (χ3v) is 2.23. The molecule has 1 aliphatic rings. The van der Waals surface area contributed by atoms with Gasteiger partial charge in [-0.3, -0.25) is 0 Å². The van der Waals surface area contributed by atoms with E-state index in [-0.39, 0.29) is 0 Å². The van der Waals surface area contributed by atoms with Crippen molar-refractivity contribution in [2.75, 3.05) is 13.2 Å². The summed E-state index contributed by atoms with van der Waals surface area (Å²) in [4.78, 5) is 0. The van der Waals surface area contributed by atoms with Crippen molar-refractivity contribution >= 4 is 0 Å². The number of hydrogen-bond acceptors (Lipinski definition) is 2. The van der Waals surface area contributed by atoms with Crippen LogP contribution in [0.1, 0.15) is 34.1 Å². The third kappa shape index (κ3) is 2.64. The molecule has 0 atom stereocenters. The Hall–Kier alpha value is -0.660. The van der Waals surface area contributed by atoms with Crippen molar-refractivity contribution in [2.24, 2.45) is 11.8 Å². The molecule has 1 aliphatic heterocycles. The summed E-state index contributed by atoms with van der Waals surface area (Å²) in [6, 6.07) is 0. The van der Waals surface area contributed by atoms with Crippen molar-refractivity contribution in [3.05, 3.63) is 11.5 Å². The third-order valence-electron chi connectivity index (χ3n) is 2.23. The summed E-state index contributed by atoms with van der Waals surface area (Å²) >= 11 is 0. The molecule has 0 aliphatic carbocycles. The lowest BCUT2D eigenvalue weighted by Crippen LogP contribution is -2.17. The summed E-state index contributed by atoms with van der Waals surface area (Å²) in [6.45, 7) is 10.3. The van der Waals surface area contributed by atoms with E-state index in [4.69, 9.17) is 9.47 Å². The average molecular weight is 184 g/mol. The molecule has 0 aromatic rings. The Kier molecular flexibility index (Phi) is 3.64. The quantitative estimate of drug-likeness (QED) is 0.657. The van der Waals surface area contributed by atoms with E-state index in [0.29, 0.717) is 11.8 Å². The van der Waals surface area contributed by atoms with Gasteiger partial charge in [-0.05, 0) is 11.8 Å². The molecule has 0 radical (unpaired) electrons. The zero-order valence-corrected chi connectivity index (χ0v) is 9.09. The van der Waals surface area contributed by atoms with Gasteiger partial charge in [0.1, 0.15) is 0 Å². The highest BCUT2D eigenvalue weighted by molar-refractivity contribution is 5.09. The van der Waals surface area contributed by atoms with Crippen LogP contribution in [0, 0.1) is 11.8 Å². The Balaban J connectivity index is 2.80. The van der Waals surface area contributed by atoms with Crippen LogP contribution in [0.3, 0.4) is 0 Å².